The number of aliphatic hydroxyl groups excluding tert-OH is 1. The summed E-state index contributed by atoms with van der Waals surface area (Å²) in [5.41, 5.74) is 1.51. The number of aryl methyl sites for hydroxylation is 1. The molecular weight excluding hydrogens is 214 g/mol. The number of ether oxygens (including phenoxy) is 1. The van der Waals surface area contributed by atoms with Gasteiger partial charge in [0.05, 0.1) is 18.9 Å². The molecule has 0 atom stereocenters. The van der Waals surface area contributed by atoms with Crippen molar-refractivity contribution in [1.82, 2.24) is 4.98 Å². The molecule has 0 amide bonds. The van der Waals surface area contributed by atoms with E-state index in [9.17, 15) is 0 Å². The second-order valence-corrected chi connectivity index (χ2v) is 4.32. The lowest BCUT2D eigenvalue weighted by molar-refractivity contribution is 0.274. The van der Waals surface area contributed by atoms with Crippen LogP contribution in [-0.4, -0.2) is 16.7 Å². The van der Waals surface area contributed by atoms with Gasteiger partial charge in [-0.3, -0.25) is 0 Å². The Morgan fingerprint density at radius 1 is 1.60 bits per heavy atom. The number of aromatic nitrogens is 1. The van der Waals surface area contributed by atoms with E-state index in [0.29, 0.717) is 22.5 Å². The molecule has 82 valence electrons. The van der Waals surface area contributed by atoms with E-state index < -0.39 is 0 Å². The van der Waals surface area contributed by atoms with Crippen LogP contribution in [0, 0.1) is 12.8 Å². The largest absolute Gasteiger partial charge is 0.490 e. The topological polar surface area (TPSA) is 42.4 Å². The Morgan fingerprint density at radius 2 is 2.33 bits per heavy atom. The first-order chi connectivity index (χ1) is 7.20. The molecule has 15 heavy (non-hydrogen) atoms. The highest BCUT2D eigenvalue weighted by Crippen LogP contribution is 2.32. The Hall–Kier alpha value is -0.800. The first kappa shape index (κ1) is 10.7. The molecule has 1 aromatic heterocycles. The lowest BCUT2D eigenvalue weighted by Gasteiger charge is -2.10. The Kier molecular flexibility index (Phi) is 3.12. The minimum absolute atomic E-state index is 0.0938. The summed E-state index contributed by atoms with van der Waals surface area (Å²) in [7, 11) is 0. The standard InChI is InChI=1S/C11H14ClNO2/c1-7-4-9(5-14)13-11(12)10(7)15-6-8-2-3-8/h4,8,14H,2-3,5-6H2,1H3. The Morgan fingerprint density at radius 3 is 2.87 bits per heavy atom. The lowest BCUT2D eigenvalue weighted by Crippen LogP contribution is -2.03. The van der Waals surface area contributed by atoms with Crippen molar-refractivity contribution in [3.05, 3.63) is 22.5 Å². The number of rotatable bonds is 4. The molecule has 0 aromatic carbocycles. The molecular formula is C11H14ClNO2. The van der Waals surface area contributed by atoms with E-state index in [4.69, 9.17) is 21.4 Å². The van der Waals surface area contributed by atoms with Crippen LogP contribution >= 0.6 is 11.6 Å². The molecule has 0 saturated heterocycles. The van der Waals surface area contributed by atoms with Gasteiger partial charge in [-0.1, -0.05) is 11.6 Å². The second kappa shape index (κ2) is 4.37. The zero-order valence-corrected chi connectivity index (χ0v) is 9.42. The van der Waals surface area contributed by atoms with Crippen LogP contribution in [0.1, 0.15) is 24.1 Å². The molecule has 4 heteroatoms. The number of hydrogen-bond acceptors (Lipinski definition) is 3. The van der Waals surface area contributed by atoms with E-state index in [0.717, 1.165) is 12.2 Å². The summed E-state index contributed by atoms with van der Waals surface area (Å²) in [6, 6.07) is 1.80. The van der Waals surface area contributed by atoms with Gasteiger partial charge < -0.3 is 9.84 Å². The van der Waals surface area contributed by atoms with Crippen molar-refractivity contribution in [2.75, 3.05) is 6.61 Å². The van der Waals surface area contributed by atoms with Gasteiger partial charge in [-0.15, -0.1) is 0 Å². The maximum absolute atomic E-state index is 8.94. The predicted molar refractivity (Wildman–Crippen MR) is 58.1 cm³/mol. The Labute approximate surface area is 94.0 Å². The van der Waals surface area contributed by atoms with Crippen LogP contribution in [0.3, 0.4) is 0 Å². The monoisotopic (exact) mass is 227 g/mol. The van der Waals surface area contributed by atoms with Gasteiger partial charge in [0.15, 0.2) is 10.9 Å². The molecule has 1 fully saturated rings. The molecule has 1 heterocycles. The fraction of sp³-hybridized carbons (Fsp3) is 0.545. The Balaban J connectivity index is 2.13. The minimum Gasteiger partial charge on any atom is -0.490 e. The smallest absolute Gasteiger partial charge is 0.171 e. The van der Waals surface area contributed by atoms with Crippen molar-refractivity contribution in [1.29, 1.82) is 0 Å². The fourth-order valence-corrected chi connectivity index (χ4v) is 1.74. The van der Waals surface area contributed by atoms with Crippen molar-refractivity contribution in [2.24, 2.45) is 5.92 Å². The van der Waals surface area contributed by atoms with Crippen LogP contribution in [0.5, 0.6) is 5.75 Å². The molecule has 3 nitrogen and oxygen atoms in total. The summed E-state index contributed by atoms with van der Waals surface area (Å²) in [4.78, 5) is 4.04. The first-order valence-electron chi connectivity index (χ1n) is 5.10. The molecule has 1 aliphatic rings. The van der Waals surface area contributed by atoms with Gasteiger partial charge in [-0.2, -0.15) is 0 Å². The molecule has 0 radical (unpaired) electrons. The average Bonchev–Trinajstić information content (AvgIpc) is 3.00. The lowest BCUT2D eigenvalue weighted by atomic mass is 10.2. The van der Waals surface area contributed by atoms with E-state index in [1.165, 1.54) is 12.8 Å². The Bertz CT molecular complexity index is 341. The van der Waals surface area contributed by atoms with Crippen LogP contribution in [0.4, 0.5) is 0 Å². The van der Waals surface area contributed by atoms with E-state index in [2.05, 4.69) is 4.98 Å². The van der Waals surface area contributed by atoms with Gasteiger partial charge in [0.2, 0.25) is 0 Å². The number of halogens is 1. The van der Waals surface area contributed by atoms with Gasteiger partial charge in [0.25, 0.3) is 0 Å². The van der Waals surface area contributed by atoms with Gasteiger partial charge in [0, 0.05) is 0 Å². The highest BCUT2D eigenvalue weighted by Gasteiger charge is 2.23. The van der Waals surface area contributed by atoms with Crippen molar-refractivity contribution in [2.45, 2.75) is 26.4 Å². The highest BCUT2D eigenvalue weighted by molar-refractivity contribution is 6.31. The summed E-state index contributed by atoms with van der Waals surface area (Å²) >= 11 is 5.97. The number of nitrogens with zero attached hydrogens (tertiary/aromatic N) is 1. The van der Waals surface area contributed by atoms with Crippen LogP contribution in [-0.2, 0) is 6.61 Å². The summed E-state index contributed by atoms with van der Waals surface area (Å²) in [6.07, 6.45) is 2.50. The van der Waals surface area contributed by atoms with E-state index in [1.54, 1.807) is 6.07 Å². The molecule has 1 aromatic rings. The molecule has 0 unspecified atom stereocenters. The molecule has 1 aliphatic carbocycles. The normalized spacial score (nSPS) is 15.4. The quantitative estimate of drug-likeness (QED) is 0.803. The van der Waals surface area contributed by atoms with Gasteiger partial charge >= 0.3 is 0 Å². The van der Waals surface area contributed by atoms with Crippen molar-refractivity contribution >= 4 is 11.6 Å². The molecule has 2 rings (SSSR count). The zero-order valence-electron chi connectivity index (χ0n) is 8.66. The molecule has 0 spiro atoms. The first-order valence-corrected chi connectivity index (χ1v) is 5.48. The second-order valence-electron chi connectivity index (χ2n) is 3.96. The van der Waals surface area contributed by atoms with Gasteiger partial charge in [0.1, 0.15) is 0 Å². The van der Waals surface area contributed by atoms with E-state index in [1.807, 2.05) is 6.92 Å². The summed E-state index contributed by atoms with van der Waals surface area (Å²) in [5.74, 6) is 1.35. The molecule has 0 bridgehead atoms. The van der Waals surface area contributed by atoms with Gasteiger partial charge in [-0.25, -0.2) is 4.98 Å². The SMILES string of the molecule is Cc1cc(CO)nc(Cl)c1OCC1CC1. The predicted octanol–water partition coefficient (Wildman–Crippen LogP) is 2.32. The van der Waals surface area contributed by atoms with Crippen molar-refractivity contribution < 1.29 is 9.84 Å². The van der Waals surface area contributed by atoms with E-state index in [-0.39, 0.29) is 6.61 Å². The molecule has 1 N–H and O–H groups in total. The number of aliphatic hydroxyl groups is 1. The summed E-state index contributed by atoms with van der Waals surface area (Å²) < 4.78 is 5.61. The third-order valence-electron chi connectivity index (χ3n) is 2.49. The van der Waals surface area contributed by atoms with Crippen molar-refractivity contribution in [3.63, 3.8) is 0 Å². The van der Waals surface area contributed by atoms with Gasteiger partial charge in [-0.05, 0) is 37.3 Å². The van der Waals surface area contributed by atoms with Crippen LogP contribution in [0.15, 0.2) is 6.07 Å². The van der Waals surface area contributed by atoms with Crippen molar-refractivity contribution in [3.8, 4) is 5.75 Å². The minimum atomic E-state index is -0.0938. The van der Waals surface area contributed by atoms with E-state index >= 15 is 0 Å². The molecule has 1 saturated carbocycles. The summed E-state index contributed by atoms with van der Waals surface area (Å²) in [5, 5.41) is 9.29. The van der Waals surface area contributed by atoms with Crippen LogP contribution in [0.2, 0.25) is 5.15 Å². The van der Waals surface area contributed by atoms with Crippen LogP contribution in [0.25, 0.3) is 0 Å². The maximum atomic E-state index is 8.94. The highest BCUT2D eigenvalue weighted by atomic mass is 35.5. The van der Waals surface area contributed by atoms with Crippen LogP contribution < -0.4 is 4.74 Å². The fourth-order valence-electron chi connectivity index (χ4n) is 1.43. The number of pyridine rings is 1. The maximum Gasteiger partial charge on any atom is 0.171 e. The summed E-state index contributed by atoms with van der Waals surface area (Å²) in [6.45, 7) is 2.54. The average molecular weight is 228 g/mol. The molecule has 0 aliphatic heterocycles. The zero-order chi connectivity index (χ0) is 10.8. The third-order valence-corrected chi connectivity index (χ3v) is 2.75. The third kappa shape index (κ3) is 2.61. The number of hydrogen-bond donors (Lipinski definition) is 1.